The third-order valence-electron chi connectivity index (χ3n) is 6.16. The normalized spacial score (nSPS) is 18.4. The van der Waals surface area contributed by atoms with E-state index in [-0.39, 0.29) is 12.7 Å². The summed E-state index contributed by atoms with van der Waals surface area (Å²) in [6.45, 7) is 6.67. The van der Waals surface area contributed by atoms with E-state index >= 15 is 0 Å². The summed E-state index contributed by atoms with van der Waals surface area (Å²) < 4.78 is 27.8. The van der Waals surface area contributed by atoms with E-state index < -0.39 is 13.3 Å². The topological polar surface area (TPSA) is 82.1 Å². The summed E-state index contributed by atoms with van der Waals surface area (Å²) in [6.07, 6.45) is 18.0. The molecule has 0 amide bonds. The van der Waals surface area contributed by atoms with Gasteiger partial charge in [0, 0.05) is 22.9 Å². The van der Waals surface area contributed by atoms with E-state index in [4.69, 9.17) is 13.4 Å². The third-order valence-corrected chi connectivity index (χ3v) is 9.82. The molecule has 6 nitrogen and oxygen atoms in total. The number of thioether (sulfide) groups is 1. The number of carbonyl (C=O) groups excluding carboxylic acids is 1. The van der Waals surface area contributed by atoms with Gasteiger partial charge in [-0.25, -0.2) is 9.36 Å². The lowest BCUT2D eigenvalue weighted by Gasteiger charge is -2.25. The largest absolute Gasteiger partial charge is 0.437 e. The zero-order chi connectivity index (χ0) is 25.1. The van der Waals surface area contributed by atoms with Crippen LogP contribution in [0.25, 0.3) is 0 Å². The van der Waals surface area contributed by atoms with Crippen LogP contribution in [0.5, 0.6) is 0 Å². The molecule has 3 atom stereocenters. The Kier molecular flexibility index (Phi) is 19.3. The number of unbranched alkanes of at least 4 members (excludes halogenated alkanes) is 7. The number of hydrogen-bond acceptors (Lipinski definition) is 7. The highest BCUT2D eigenvalue weighted by molar-refractivity contribution is 8.00. The van der Waals surface area contributed by atoms with Gasteiger partial charge in [-0.05, 0) is 39.0 Å². The number of hydrogen-bond donors (Lipinski definition) is 1. The molecule has 1 fully saturated rings. The predicted molar refractivity (Wildman–Crippen MR) is 146 cm³/mol. The first-order chi connectivity index (χ1) is 16.4. The summed E-state index contributed by atoms with van der Waals surface area (Å²) in [7, 11) is -4.47. The molecule has 0 bridgehead atoms. The van der Waals surface area contributed by atoms with Gasteiger partial charge in [0.15, 0.2) is 0 Å². The van der Waals surface area contributed by atoms with Crippen molar-refractivity contribution in [3.63, 3.8) is 0 Å². The van der Waals surface area contributed by atoms with Crippen LogP contribution < -0.4 is 0 Å². The van der Waals surface area contributed by atoms with Crippen LogP contribution in [-0.2, 0) is 18.0 Å². The minimum atomic E-state index is -4.47. The Balaban J connectivity index is 2.09. The maximum absolute atomic E-state index is 12.2. The minimum Gasteiger partial charge on any atom is -0.382 e. The van der Waals surface area contributed by atoms with Crippen molar-refractivity contribution < 1.29 is 27.7 Å². The second kappa shape index (κ2) is 20.4. The summed E-state index contributed by atoms with van der Waals surface area (Å²) in [5, 5.41) is 1.28. The van der Waals surface area contributed by atoms with Crippen molar-refractivity contribution in [2.24, 2.45) is 0 Å². The zero-order valence-corrected chi connectivity index (χ0v) is 24.2. The van der Waals surface area contributed by atoms with Crippen LogP contribution >= 0.6 is 31.4 Å². The van der Waals surface area contributed by atoms with E-state index in [1.165, 1.54) is 70.6 Å². The van der Waals surface area contributed by atoms with Crippen LogP contribution in [0.3, 0.4) is 0 Å². The molecular formula is C25H49O6PS2. The molecule has 1 rings (SSSR count). The van der Waals surface area contributed by atoms with Gasteiger partial charge in [-0.2, -0.15) is 11.8 Å². The molecule has 0 spiro atoms. The molecule has 9 heteroatoms. The first-order valence-electron chi connectivity index (χ1n) is 13.5. The summed E-state index contributed by atoms with van der Waals surface area (Å²) in [5.74, 6) is 0.613. The van der Waals surface area contributed by atoms with Gasteiger partial charge in [0.2, 0.25) is 0 Å². The quantitative estimate of drug-likeness (QED) is 0.0879. The van der Waals surface area contributed by atoms with Gasteiger partial charge in [0.1, 0.15) is 0 Å². The third kappa shape index (κ3) is 16.1. The van der Waals surface area contributed by atoms with Gasteiger partial charge >= 0.3 is 13.3 Å². The maximum Gasteiger partial charge on any atom is 0.437 e. The monoisotopic (exact) mass is 540 g/mol. The van der Waals surface area contributed by atoms with Gasteiger partial charge < -0.3 is 13.8 Å². The average Bonchev–Trinajstić information content (AvgIpc) is 2.84. The van der Waals surface area contributed by atoms with E-state index in [1.54, 1.807) is 6.92 Å². The second-order valence-corrected chi connectivity index (χ2v) is 13.4. The predicted octanol–water partition coefficient (Wildman–Crippen LogP) is 8.75. The van der Waals surface area contributed by atoms with Gasteiger partial charge in [-0.1, -0.05) is 78.1 Å². The molecule has 202 valence electrons. The molecule has 0 radical (unpaired) electrons. The number of ether oxygens (including phenoxy) is 1. The molecule has 1 N–H and O–H groups in total. The fourth-order valence-electron chi connectivity index (χ4n) is 3.99. The smallest absolute Gasteiger partial charge is 0.382 e. The average molecular weight is 541 g/mol. The van der Waals surface area contributed by atoms with Crippen molar-refractivity contribution in [1.29, 1.82) is 0 Å². The highest BCUT2D eigenvalue weighted by atomic mass is 32.2. The molecule has 0 saturated heterocycles. The Hall–Kier alpha value is 0.280. The minimum absolute atomic E-state index is 0.111. The van der Waals surface area contributed by atoms with Gasteiger partial charge in [0.05, 0.1) is 24.8 Å². The van der Waals surface area contributed by atoms with Crippen LogP contribution in [-0.4, -0.2) is 46.2 Å². The number of rotatable bonds is 21. The SMILES string of the molecule is CCCCCCCCCCOC(C)COP(=O)(O)C(=O)OSCCC(CC)SC1CCCCC1. The van der Waals surface area contributed by atoms with Crippen LogP contribution in [0.1, 0.15) is 117 Å². The fourth-order valence-corrected chi connectivity index (χ4v) is 7.35. The fraction of sp³-hybridized carbons (Fsp3) is 0.960. The lowest BCUT2D eigenvalue weighted by Crippen LogP contribution is -2.17. The molecule has 1 aliphatic rings. The zero-order valence-electron chi connectivity index (χ0n) is 21.7. The maximum atomic E-state index is 12.2. The molecule has 1 saturated carbocycles. The summed E-state index contributed by atoms with van der Waals surface area (Å²) >= 11 is 3.01. The van der Waals surface area contributed by atoms with Crippen LogP contribution in [0.2, 0.25) is 0 Å². The molecule has 0 aromatic heterocycles. The van der Waals surface area contributed by atoms with Crippen LogP contribution in [0.15, 0.2) is 0 Å². The van der Waals surface area contributed by atoms with Crippen LogP contribution in [0, 0.1) is 0 Å². The lowest BCUT2D eigenvalue weighted by molar-refractivity contribution is 0.0275. The second-order valence-electron chi connectivity index (χ2n) is 9.36. The summed E-state index contributed by atoms with van der Waals surface area (Å²) in [5.41, 5.74) is -1.19. The molecule has 0 aliphatic heterocycles. The Bertz CT molecular complexity index is 560. The first kappa shape index (κ1) is 32.3. The Morgan fingerprint density at radius 2 is 1.68 bits per heavy atom. The van der Waals surface area contributed by atoms with Crippen molar-refractivity contribution >= 4 is 37.1 Å². The molecule has 0 heterocycles. The summed E-state index contributed by atoms with van der Waals surface area (Å²) in [6, 6.07) is 0. The first-order valence-corrected chi connectivity index (χ1v) is 16.9. The van der Waals surface area contributed by atoms with E-state index in [1.807, 2.05) is 0 Å². The number of carbonyl (C=O) groups is 1. The van der Waals surface area contributed by atoms with E-state index in [0.717, 1.165) is 43.0 Å². The van der Waals surface area contributed by atoms with Crippen molar-refractivity contribution in [1.82, 2.24) is 0 Å². The van der Waals surface area contributed by atoms with E-state index in [0.29, 0.717) is 17.6 Å². The van der Waals surface area contributed by atoms with Crippen molar-refractivity contribution in [2.75, 3.05) is 19.0 Å². The van der Waals surface area contributed by atoms with Gasteiger partial charge in [-0.15, -0.1) is 0 Å². The lowest BCUT2D eigenvalue weighted by atomic mass is 10.0. The van der Waals surface area contributed by atoms with Gasteiger partial charge in [-0.3, -0.25) is 4.52 Å². The Morgan fingerprint density at radius 3 is 2.32 bits per heavy atom. The molecule has 3 unspecified atom stereocenters. The Labute approximate surface area is 217 Å². The highest BCUT2D eigenvalue weighted by Crippen LogP contribution is 2.45. The molecule has 34 heavy (non-hydrogen) atoms. The molecule has 0 aromatic carbocycles. The van der Waals surface area contributed by atoms with Crippen LogP contribution in [0.4, 0.5) is 4.79 Å². The van der Waals surface area contributed by atoms with E-state index in [9.17, 15) is 14.3 Å². The van der Waals surface area contributed by atoms with Gasteiger partial charge in [0.25, 0.3) is 0 Å². The molecule has 1 aliphatic carbocycles. The highest BCUT2D eigenvalue weighted by Gasteiger charge is 2.34. The summed E-state index contributed by atoms with van der Waals surface area (Å²) in [4.78, 5) is 21.9. The van der Waals surface area contributed by atoms with Crippen molar-refractivity contribution in [3.8, 4) is 0 Å². The molecular weight excluding hydrogens is 491 g/mol. The standard InChI is InChI=1S/C25H49O6PS2/c1-4-6-7-8-9-10-11-15-19-29-22(3)21-30-32(27,28)25(26)31-33-20-18-23(5-2)34-24-16-13-12-14-17-24/h22-24H,4-21H2,1-3H3,(H,27,28). The molecule has 0 aromatic rings. The van der Waals surface area contributed by atoms with Crippen molar-refractivity contribution in [2.45, 2.75) is 134 Å². The van der Waals surface area contributed by atoms with E-state index in [2.05, 4.69) is 25.6 Å². The van der Waals surface area contributed by atoms with Crippen molar-refractivity contribution in [3.05, 3.63) is 0 Å². The Morgan fingerprint density at radius 1 is 1.03 bits per heavy atom.